The molecule has 0 radical (unpaired) electrons. The molecule has 0 N–H and O–H groups in total. The molecular formula is C12H11FN2O3. The van der Waals surface area contributed by atoms with Crippen LogP contribution in [-0.4, -0.2) is 23.2 Å². The van der Waals surface area contributed by atoms with Crippen LogP contribution >= 0.6 is 0 Å². The number of methoxy groups -OCH3 is 1. The number of aryl methyl sites for hydroxylation is 1. The van der Waals surface area contributed by atoms with Crippen LogP contribution < -0.4 is 0 Å². The van der Waals surface area contributed by atoms with Crippen LogP contribution in [0.4, 0.5) is 4.39 Å². The molecule has 1 heterocycles. The summed E-state index contributed by atoms with van der Waals surface area (Å²) < 4.78 is 22.7. The van der Waals surface area contributed by atoms with Crippen LogP contribution in [0.5, 0.6) is 0 Å². The first-order valence-electron chi connectivity index (χ1n) is 5.26. The van der Waals surface area contributed by atoms with Gasteiger partial charge < -0.3 is 9.26 Å². The number of rotatable bonds is 3. The van der Waals surface area contributed by atoms with Crippen molar-refractivity contribution < 1.29 is 18.4 Å². The Morgan fingerprint density at radius 3 is 2.94 bits per heavy atom. The zero-order valence-corrected chi connectivity index (χ0v) is 9.94. The van der Waals surface area contributed by atoms with Crippen molar-refractivity contribution >= 4 is 5.97 Å². The van der Waals surface area contributed by atoms with Crippen LogP contribution in [0.2, 0.25) is 0 Å². The summed E-state index contributed by atoms with van der Waals surface area (Å²) in [5.41, 5.74) is 1.04. The third-order valence-electron chi connectivity index (χ3n) is 2.42. The Labute approximate surface area is 103 Å². The first kappa shape index (κ1) is 12.2. The van der Waals surface area contributed by atoms with Gasteiger partial charge in [0.2, 0.25) is 11.7 Å². The predicted molar refractivity (Wildman–Crippen MR) is 60.1 cm³/mol. The van der Waals surface area contributed by atoms with Crippen LogP contribution in [0.1, 0.15) is 11.5 Å². The third-order valence-corrected chi connectivity index (χ3v) is 2.42. The molecule has 5 nitrogen and oxygen atoms in total. The first-order chi connectivity index (χ1) is 8.60. The van der Waals surface area contributed by atoms with E-state index in [1.54, 1.807) is 19.1 Å². The topological polar surface area (TPSA) is 65.2 Å². The van der Waals surface area contributed by atoms with E-state index in [0.29, 0.717) is 11.1 Å². The molecule has 2 rings (SSSR count). The highest BCUT2D eigenvalue weighted by molar-refractivity contribution is 5.71. The van der Waals surface area contributed by atoms with Crippen molar-refractivity contribution in [1.82, 2.24) is 10.1 Å². The second-order valence-corrected chi connectivity index (χ2v) is 3.73. The van der Waals surface area contributed by atoms with Gasteiger partial charge in [-0.05, 0) is 18.6 Å². The molecular weight excluding hydrogens is 239 g/mol. The number of hydrogen-bond donors (Lipinski definition) is 0. The van der Waals surface area contributed by atoms with Crippen molar-refractivity contribution in [3.63, 3.8) is 0 Å². The van der Waals surface area contributed by atoms with E-state index in [2.05, 4.69) is 14.9 Å². The van der Waals surface area contributed by atoms with Gasteiger partial charge in [0.1, 0.15) is 12.2 Å². The average molecular weight is 250 g/mol. The van der Waals surface area contributed by atoms with E-state index < -0.39 is 5.97 Å². The molecule has 0 aliphatic heterocycles. The molecule has 1 aromatic heterocycles. The normalized spacial score (nSPS) is 10.4. The quantitative estimate of drug-likeness (QED) is 0.778. The molecule has 1 aromatic carbocycles. The highest BCUT2D eigenvalue weighted by atomic mass is 19.1. The number of halogens is 1. The Morgan fingerprint density at radius 1 is 1.50 bits per heavy atom. The Morgan fingerprint density at radius 2 is 2.28 bits per heavy atom. The highest BCUT2D eigenvalue weighted by Gasteiger charge is 2.13. The van der Waals surface area contributed by atoms with Gasteiger partial charge in [-0.1, -0.05) is 17.3 Å². The number of carbonyl (C=O) groups excluding carboxylic acids is 1. The van der Waals surface area contributed by atoms with Gasteiger partial charge in [-0.3, -0.25) is 4.79 Å². The lowest BCUT2D eigenvalue weighted by Gasteiger charge is -1.97. The van der Waals surface area contributed by atoms with E-state index in [9.17, 15) is 9.18 Å². The van der Waals surface area contributed by atoms with Gasteiger partial charge in [0.05, 0.1) is 7.11 Å². The number of benzene rings is 1. The van der Waals surface area contributed by atoms with Gasteiger partial charge >= 0.3 is 5.97 Å². The van der Waals surface area contributed by atoms with E-state index in [-0.39, 0.29) is 24.0 Å². The number of esters is 1. The van der Waals surface area contributed by atoms with Crippen molar-refractivity contribution in [3.05, 3.63) is 35.5 Å². The molecule has 6 heteroatoms. The fourth-order valence-electron chi connectivity index (χ4n) is 1.37. The Kier molecular flexibility index (Phi) is 3.36. The fraction of sp³-hybridized carbons (Fsp3) is 0.250. The largest absolute Gasteiger partial charge is 0.469 e. The van der Waals surface area contributed by atoms with Crippen molar-refractivity contribution in [2.75, 3.05) is 7.11 Å². The summed E-state index contributed by atoms with van der Waals surface area (Å²) in [6.07, 6.45) is -0.0994. The molecule has 0 amide bonds. The molecule has 0 aliphatic carbocycles. The zero-order chi connectivity index (χ0) is 13.1. The minimum atomic E-state index is -0.472. The fourth-order valence-corrected chi connectivity index (χ4v) is 1.37. The molecule has 0 saturated heterocycles. The Balaban J connectivity index is 2.23. The molecule has 0 unspecified atom stereocenters. The average Bonchev–Trinajstić information content (AvgIpc) is 2.81. The van der Waals surface area contributed by atoms with Gasteiger partial charge in [-0.15, -0.1) is 0 Å². The summed E-state index contributed by atoms with van der Waals surface area (Å²) >= 11 is 0. The summed E-state index contributed by atoms with van der Waals surface area (Å²) in [6.45, 7) is 1.66. The van der Waals surface area contributed by atoms with E-state index in [1.807, 2.05) is 0 Å². The van der Waals surface area contributed by atoms with E-state index >= 15 is 0 Å². The smallest absolute Gasteiger partial charge is 0.315 e. The molecule has 18 heavy (non-hydrogen) atoms. The van der Waals surface area contributed by atoms with Gasteiger partial charge in [0.25, 0.3) is 0 Å². The van der Waals surface area contributed by atoms with Crippen LogP contribution in [0, 0.1) is 12.7 Å². The van der Waals surface area contributed by atoms with Gasteiger partial charge in [-0.25, -0.2) is 4.39 Å². The van der Waals surface area contributed by atoms with Gasteiger partial charge in [0, 0.05) is 5.56 Å². The molecule has 0 fully saturated rings. The Bertz CT molecular complexity index is 580. The predicted octanol–water partition coefficient (Wildman–Crippen LogP) is 1.90. The Hall–Kier alpha value is -2.24. The molecule has 0 bridgehead atoms. The van der Waals surface area contributed by atoms with Crippen LogP contribution in [-0.2, 0) is 16.0 Å². The SMILES string of the molecule is COC(=O)Cc1nc(-c2ccc(C)c(F)c2)no1. The highest BCUT2D eigenvalue weighted by Crippen LogP contribution is 2.19. The van der Waals surface area contributed by atoms with Crippen molar-refractivity contribution in [1.29, 1.82) is 0 Å². The van der Waals surface area contributed by atoms with Gasteiger partial charge in [-0.2, -0.15) is 4.98 Å². The minimum Gasteiger partial charge on any atom is -0.469 e. The summed E-state index contributed by atoms with van der Waals surface area (Å²) in [5.74, 6) is -0.433. The second kappa shape index (κ2) is 4.95. The van der Waals surface area contributed by atoms with Crippen molar-refractivity contribution in [2.45, 2.75) is 13.3 Å². The molecule has 0 atom stereocenters. The third kappa shape index (κ3) is 2.53. The second-order valence-electron chi connectivity index (χ2n) is 3.73. The van der Waals surface area contributed by atoms with Gasteiger partial charge in [0.15, 0.2) is 0 Å². The van der Waals surface area contributed by atoms with Crippen LogP contribution in [0.15, 0.2) is 22.7 Å². The van der Waals surface area contributed by atoms with Crippen LogP contribution in [0.25, 0.3) is 11.4 Å². The first-order valence-corrected chi connectivity index (χ1v) is 5.26. The number of aromatic nitrogens is 2. The molecule has 2 aromatic rings. The molecule has 0 saturated carbocycles. The lowest BCUT2D eigenvalue weighted by atomic mass is 10.1. The number of ether oxygens (including phenoxy) is 1. The molecule has 94 valence electrons. The zero-order valence-electron chi connectivity index (χ0n) is 9.94. The molecule has 0 spiro atoms. The maximum Gasteiger partial charge on any atom is 0.315 e. The number of hydrogen-bond acceptors (Lipinski definition) is 5. The maximum absolute atomic E-state index is 13.4. The lowest BCUT2D eigenvalue weighted by molar-refractivity contribution is -0.140. The van der Waals surface area contributed by atoms with E-state index in [0.717, 1.165) is 0 Å². The summed E-state index contributed by atoms with van der Waals surface area (Å²) in [5, 5.41) is 3.68. The van der Waals surface area contributed by atoms with E-state index in [4.69, 9.17) is 4.52 Å². The maximum atomic E-state index is 13.4. The number of nitrogens with zero attached hydrogens (tertiary/aromatic N) is 2. The molecule has 0 aliphatic rings. The lowest BCUT2D eigenvalue weighted by Crippen LogP contribution is -2.04. The summed E-state index contributed by atoms with van der Waals surface area (Å²) in [6, 6.07) is 4.63. The van der Waals surface area contributed by atoms with Crippen molar-refractivity contribution in [2.24, 2.45) is 0 Å². The van der Waals surface area contributed by atoms with Crippen molar-refractivity contribution in [3.8, 4) is 11.4 Å². The minimum absolute atomic E-state index is 0.0994. The van der Waals surface area contributed by atoms with E-state index in [1.165, 1.54) is 13.2 Å². The van der Waals surface area contributed by atoms with Crippen LogP contribution in [0.3, 0.4) is 0 Å². The number of carbonyl (C=O) groups is 1. The standard InChI is InChI=1S/C12H11FN2O3/c1-7-3-4-8(5-9(7)13)12-14-10(18-15-12)6-11(16)17-2/h3-5H,6H2,1-2H3. The summed E-state index contributed by atoms with van der Waals surface area (Å²) in [4.78, 5) is 15.0. The monoisotopic (exact) mass is 250 g/mol. The summed E-state index contributed by atoms with van der Waals surface area (Å²) in [7, 11) is 1.27.